The van der Waals surface area contributed by atoms with Gasteiger partial charge < -0.3 is 22.1 Å². The van der Waals surface area contributed by atoms with E-state index in [9.17, 15) is 9.59 Å². The highest BCUT2D eigenvalue weighted by atomic mass is 79.9. The monoisotopic (exact) mass is 570 g/mol. The van der Waals surface area contributed by atoms with Gasteiger partial charge in [0.05, 0.1) is 12.1 Å². The summed E-state index contributed by atoms with van der Waals surface area (Å²) in [6.45, 7) is 0. The van der Waals surface area contributed by atoms with E-state index in [0.29, 0.717) is 22.9 Å². The molecule has 0 bridgehead atoms. The lowest BCUT2D eigenvalue weighted by Crippen LogP contribution is -2.38. The molecule has 6 N–H and O–H groups in total. The first-order chi connectivity index (χ1) is 16.5. The molecule has 0 heterocycles. The molecule has 2 amide bonds. The molecule has 0 aromatic heterocycles. The SMILES string of the molecule is Br.N[C@@H](CSSC[C@H](N)C(=O)Nc1ccc2ccccc2c1)C(=O)Nc1ccc2ccccc2c1. The quantitative estimate of drug-likeness (QED) is 0.163. The van der Waals surface area contributed by atoms with Gasteiger partial charge in [-0.2, -0.15) is 0 Å². The smallest absolute Gasteiger partial charge is 0.242 e. The maximum atomic E-state index is 12.4. The summed E-state index contributed by atoms with van der Waals surface area (Å²) in [4.78, 5) is 24.9. The summed E-state index contributed by atoms with van der Waals surface area (Å²) < 4.78 is 0. The molecule has 2 atom stereocenters. The number of rotatable bonds is 9. The molecule has 0 aliphatic heterocycles. The van der Waals surface area contributed by atoms with Gasteiger partial charge in [-0.3, -0.25) is 9.59 Å². The highest BCUT2D eigenvalue weighted by Gasteiger charge is 2.17. The zero-order chi connectivity index (χ0) is 23.9. The fourth-order valence-electron chi connectivity index (χ4n) is 3.40. The second-order valence-corrected chi connectivity index (χ2v) is 10.4. The summed E-state index contributed by atoms with van der Waals surface area (Å²) in [5.41, 5.74) is 13.5. The van der Waals surface area contributed by atoms with Gasteiger partial charge in [-0.1, -0.05) is 82.3 Å². The van der Waals surface area contributed by atoms with Crippen molar-refractivity contribution in [3.8, 4) is 0 Å². The van der Waals surface area contributed by atoms with Gasteiger partial charge in [-0.15, -0.1) is 17.0 Å². The number of benzene rings is 4. The van der Waals surface area contributed by atoms with Crippen LogP contribution in [0, 0.1) is 0 Å². The third-order valence-electron chi connectivity index (χ3n) is 5.29. The number of anilines is 2. The van der Waals surface area contributed by atoms with E-state index in [1.807, 2.05) is 84.9 Å². The lowest BCUT2D eigenvalue weighted by molar-refractivity contribution is -0.117. The van der Waals surface area contributed by atoms with E-state index < -0.39 is 12.1 Å². The summed E-state index contributed by atoms with van der Waals surface area (Å²) in [5, 5.41) is 10.1. The van der Waals surface area contributed by atoms with E-state index in [2.05, 4.69) is 10.6 Å². The molecule has 0 unspecified atom stereocenters. The number of fused-ring (bicyclic) bond motifs is 2. The lowest BCUT2D eigenvalue weighted by Gasteiger charge is -2.14. The van der Waals surface area contributed by atoms with Crippen LogP contribution < -0.4 is 22.1 Å². The standard InChI is InChI=1S/C26H26N4O2S2.BrH/c27-23(25(31)29-21-11-9-17-5-1-3-7-19(17)13-21)15-33-34-16-24(28)26(32)30-22-12-10-18-6-2-4-8-20(18)14-22;/h1-14,23-24H,15-16,27-28H2,(H,29,31)(H,30,32);1H/t23-,24-;/m0./s1. The van der Waals surface area contributed by atoms with Crippen molar-refractivity contribution in [2.75, 3.05) is 22.1 Å². The number of amides is 2. The number of hydrogen-bond donors (Lipinski definition) is 4. The van der Waals surface area contributed by atoms with E-state index in [1.54, 1.807) is 0 Å². The van der Waals surface area contributed by atoms with Crippen LogP contribution in [-0.2, 0) is 9.59 Å². The van der Waals surface area contributed by atoms with E-state index >= 15 is 0 Å². The maximum Gasteiger partial charge on any atom is 0.242 e. The molecule has 0 saturated heterocycles. The third kappa shape index (κ3) is 7.46. The molecule has 0 aliphatic rings. The summed E-state index contributed by atoms with van der Waals surface area (Å²) in [6, 6.07) is 26.1. The average Bonchev–Trinajstić information content (AvgIpc) is 2.86. The minimum absolute atomic E-state index is 0. The van der Waals surface area contributed by atoms with Crippen LogP contribution >= 0.6 is 38.6 Å². The fraction of sp³-hybridized carbons (Fsp3) is 0.154. The molecule has 6 nitrogen and oxygen atoms in total. The van der Waals surface area contributed by atoms with Gasteiger partial charge >= 0.3 is 0 Å². The average molecular weight is 572 g/mol. The Labute approximate surface area is 222 Å². The third-order valence-corrected chi connectivity index (χ3v) is 7.76. The Morgan fingerprint density at radius 2 is 1.00 bits per heavy atom. The first kappa shape index (κ1) is 27.0. The van der Waals surface area contributed by atoms with Crippen molar-refractivity contribution < 1.29 is 9.59 Å². The van der Waals surface area contributed by atoms with Crippen LogP contribution in [0.5, 0.6) is 0 Å². The largest absolute Gasteiger partial charge is 0.325 e. The molecule has 0 aliphatic carbocycles. The Kier molecular flexibility index (Phi) is 10.00. The highest BCUT2D eigenvalue weighted by molar-refractivity contribution is 8.93. The molecule has 0 spiro atoms. The lowest BCUT2D eigenvalue weighted by atomic mass is 10.1. The molecule has 9 heteroatoms. The van der Waals surface area contributed by atoms with Crippen LogP contribution in [-0.4, -0.2) is 35.4 Å². The van der Waals surface area contributed by atoms with Crippen molar-refractivity contribution in [3.05, 3.63) is 84.9 Å². The van der Waals surface area contributed by atoms with Crippen LogP contribution in [0.15, 0.2) is 84.9 Å². The number of halogens is 1. The molecule has 182 valence electrons. The molecule has 0 radical (unpaired) electrons. The predicted molar refractivity (Wildman–Crippen MR) is 156 cm³/mol. The van der Waals surface area contributed by atoms with Crippen molar-refractivity contribution in [1.29, 1.82) is 0 Å². The Hall–Kier alpha value is -2.56. The van der Waals surface area contributed by atoms with Gasteiger partial charge in [-0.05, 0) is 45.8 Å². The van der Waals surface area contributed by atoms with Gasteiger partial charge in [0.2, 0.25) is 11.8 Å². The maximum absolute atomic E-state index is 12.4. The molecular weight excluding hydrogens is 544 g/mol. The number of hydrogen-bond acceptors (Lipinski definition) is 6. The van der Waals surface area contributed by atoms with Crippen molar-refractivity contribution >= 4 is 83.3 Å². The van der Waals surface area contributed by atoms with Gasteiger partial charge in [0, 0.05) is 22.9 Å². The zero-order valence-corrected chi connectivity index (χ0v) is 22.2. The van der Waals surface area contributed by atoms with Crippen molar-refractivity contribution in [2.45, 2.75) is 12.1 Å². The summed E-state index contributed by atoms with van der Waals surface area (Å²) in [6.07, 6.45) is 0. The molecule has 4 rings (SSSR count). The summed E-state index contributed by atoms with van der Waals surface area (Å²) >= 11 is 0. The zero-order valence-electron chi connectivity index (χ0n) is 18.8. The molecule has 0 saturated carbocycles. The van der Waals surface area contributed by atoms with Crippen LogP contribution in [0.1, 0.15) is 0 Å². The van der Waals surface area contributed by atoms with Crippen LogP contribution in [0.4, 0.5) is 11.4 Å². The Balaban J connectivity index is 0.00000342. The van der Waals surface area contributed by atoms with Crippen molar-refractivity contribution in [1.82, 2.24) is 0 Å². The molecule has 4 aromatic carbocycles. The second kappa shape index (κ2) is 12.9. The Morgan fingerprint density at radius 3 is 1.40 bits per heavy atom. The minimum Gasteiger partial charge on any atom is -0.325 e. The van der Waals surface area contributed by atoms with E-state index in [4.69, 9.17) is 11.5 Å². The molecule has 35 heavy (non-hydrogen) atoms. The van der Waals surface area contributed by atoms with Gasteiger partial charge in [0.25, 0.3) is 0 Å². The number of nitrogens with two attached hydrogens (primary N) is 2. The van der Waals surface area contributed by atoms with Crippen molar-refractivity contribution in [3.63, 3.8) is 0 Å². The van der Waals surface area contributed by atoms with Gasteiger partial charge in [0.1, 0.15) is 0 Å². The molecule has 4 aromatic rings. The van der Waals surface area contributed by atoms with Gasteiger partial charge in [-0.25, -0.2) is 0 Å². The molecular formula is C26H27BrN4O2S2. The highest BCUT2D eigenvalue weighted by Crippen LogP contribution is 2.24. The van der Waals surface area contributed by atoms with Crippen LogP contribution in [0.2, 0.25) is 0 Å². The second-order valence-electron chi connectivity index (χ2n) is 7.88. The van der Waals surface area contributed by atoms with E-state index in [-0.39, 0.29) is 28.8 Å². The topological polar surface area (TPSA) is 110 Å². The van der Waals surface area contributed by atoms with Crippen molar-refractivity contribution in [2.24, 2.45) is 11.5 Å². The first-order valence-corrected chi connectivity index (χ1v) is 13.3. The Bertz CT molecular complexity index is 1220. The van der Waals surface area contributed by atoms with Crippen LogP contribution in [0.3, 0.4) is 0 Å². The predicted octanol–water partition coefficient (Wildman–Crippen LogP) is 5.18. The summed E-state index contributed by atoms with van der Waals surface area (Å²) in [5.74, 6) is 0.315. The Morgan fingerprint density at radius 1 is 0.629 bits per heavy atom. The number of carbonyl (C=O) groups is 2. The fourth-order valence-corrected chi connectivity index (χ4v) is 5.64. The number of nitrogens with one attached hydrogen (secondary N) is 2. The molecule has 0 fully saturated rings. The van der Waals surface area contributed by atoms with Gasteiger partial charge in [0.15, 0.2) is 0 Å². The summed E-state index contributed by atoms with van der Waals surface area (Å²) in [7, 11) is 2.86. The van der Waals surface area contributed by atoms with E-state index in [0.717, 1.165) is 21.5 Å². The number of carbonyl (C=O) groups excluding carboxylic acids is 2. The van der Waals surface area contributed by atoms with Crippen LogP contribution in [0.25, 0.3) is 21.5 Å². The van der Waals surface area contributed by atoms with E-state index in [1.165, 1.54) is 21.6 Å². The normalized spacial score (nSPS) is 12.5. The first-order valence-electron chi connectivity index (χ1n) is 10.8. The minimum atomic E-state index is -0.674.